The normalized spacial score (nSPS) is 11.1. The smallest absolute Gasteiger partial charge is 0.275 e. The molecule has 0 aliphatic rings. The van der Waals surface area contributed by atoms with Gasteiger partial charge in [-0.2, -0.15) is 0 Å². The molecule has 3 N–H and O–H groups in total. The van der Waals surface area contributed by atoms with Crippen LogP contribution in [-0.2, 0) is 16.4 Å². The molecule has 0 spiro atoms. The number of carbonyl (C=O) groups is 2. The lowest BCUT2D eigenvalue weighted by Gasteiger charge is -2.10. The first-order valence-corrected chi connectivity index (χ1v) is 12.7. The van der Waals surface area contributed by atoms with Crippen molar-refractivity contribution >= 4 is 43.5 Å². The van der Waals surface area contributed by atoms with Crippen molar-refractivity contribution in [1.29, 1.82) is 0 Å². The van der Waals surface area contributed by atoms with E-state index in [1.54, 1.807) is 72.9 Å². The lowest BCUT2D eigenvalue weighted by molar-refractivity contribution is 0.0992. The fraction of sp³-hybridized carbons (Fsp3) is 0.0400. The average Bonchev–Trinajstić information content (AvgIpc) is 2.85. The van der Waals surface area contributed by atoms with Crippen LogP contribution in [0.15, 0.2) is 94.6 Å². The Morgan fingerprint density at radius 1 is 0.914 bits per heavy atom. The van der Waals surface area contributed by atoms with E-state index in [-0.39, 0.29) is 22.8 Å². The van der Waals surface area contributed by atoms with E-state index in [0.29, 0.717) is 28.1 Å². The molecule has 35 heavy (non-hydrogen) atoms. The van der Waals surface area contributed by atoms with E-state index in [1.807, 2.05) is 0 Å². The molecule has 176 valence electrons. The molecule has 2 aromatic carbocycles. The number of hydrogen-bond acceptors (Lipinski definition) is 6. The van der Waals surface area contributed by atoms with Crippen molar-refractivity contribution in [2.75, 3.05) is 5.32 Å². The SMILES string of the molecule is NS(=O)(=O)c1ccccc1-c1ccc(C(=O)Cc2cccnc2C(=O)Nc2ccc(Br)cn2)cc1. The fourth-order valence-electron chi connectivity index (χ4n) is 3.47. The van der Waals surface area contributed by atoms with Gasteiger partial charge in [-0.05, 0) is 51.3 Å². The van der Waals surface area contributed by atoms with Crippen LogP contribution in [0.1, 0.15) is 26.4 Å². The van der Waals surface area contributed by atoms with Gasteiger partial charge in [-0.3, -0.25) is 14.6 Å². The average molecular weight is 551 g/mol. The summed E-state index contributed by atoms with van der Waals surface area (Å²) in [5, 5.41) is 8.00. The van der Waals surface area contributed by atoms with E-state index in [9.17, 15) is 18.0 Å². The molecule has 2 heterocycles. The quantitative estimate of drug-likeness (QED) is 0.331. The summed E-state index contributed by atoms with van der Waals surface area (Å²) in [5.41, 5.74) is 2.06. The highest BCUT2D eigenvalue weighted by Crippen LogP contribution is 2.27. The Kier molecular flexibility index (Phi) is 7.15. The molecular weight excluding hydrogens is 532 g/mol. The summed E-state index contributed by atoms with van der Waals surface area (Å²) < 4.78 is 24.6. The van der Waals surface area contributed by atoms with Crippen LogP contribution in [0.25, 0.3) is 11.1 Å². The number of hydrogen-bond donors (Lipinski definition) is 2. The molecule has 0 aliphatic heterocycles. The summed E-state index contributed by atoms with van der Waals surface area (Å²) in [6.07, 6.45) is 3.00. The van der Waals surface area contributed by atoms with Gasteiger partial charge in [-0.25, -0.2) is 18.5 Å². The number of anilines is 1. The number of nitrogens with two attached hydrogens (primary N) is 1. The second-order valence-corrected chi connectivity index (χ2v) is 9.99. The Bertz CT molecular complexity index is 1510. The van der Waals surface area contributed by atoms with Gasteiger partial charge in [0.25, 0.3) is 5.91 Å². The van der Waals surface area contributed by atoms with Crippen molar-refractivity contribution in [2.45, 2.75) is 11.3 Å². The van der Waals surface area contributed by atoms with Gasteiger partial charge in [-0.15, -0.1) is 0 Å². The maximum atomic E-state index is 13.0. The van der Waals surface area contributed by atoms with E-state index < -0.39 is 15.9 Å². The number of pyridine rings is 2. The summed E-state index contributed by atoms with van der Waals surface area (Å²) >= 11 is 3.29. The molecule has 0 aliphatic carbocycles. The molecule has 4 rings (SSSR count). The number of amides is 1. The zero-order valence-corrected chi connectivity index (χ0v) is 20.6. The highest BCUT2D eigenvalue weighted by atomic mass is 79.9. The van der Waals surface area contributed by atoms with Gasteiger partial charge in [0.15, 0.2) is 5.78 Å². The van der Waals surface area contributed by atoms with Gasteiger partial charge in [0.1, 0.15) is 11.5 Å². The van der Waals surface area contributed by atoms with Crippen LogP contribution in [0, 0.1) is 0 Å². The molecule has 2 aromatic heterocycles. The highest BCUT2D eigenvalue weighted by molar-refractivity contribution is 9.10. The number of nitrogens with one attached hydrogen (secondary N) is 1. The Hall–Kier alpha value is -3.73. The number of carbonyl (C=O) groups excluding carboxylic acids is 2. The largest absolute Gasteiger partial charge is 0.305 e. The number of halogens is 1. The number of rotatable bonds is 7. The monoisotopic (exact) mass is 550 g/mol. The number of aromatic nitrogens is 2. The molecular formula is C25H19BrN4O4S. The third kappa shape index (κ3) is 5.86. The maximum Gasteiger partial charge on any atom is 0.275 e. The first kappa shape index (κ1) is 24.4. The predicted molar refractivity (Wildman–Crippen MR) is 135 cm³/mol. The fourth-order valence-corrected chi connectivity index (χ4v) is 4.47. The van der Waals surface area contributed by atoms with Gasteiger partial charge in [0.2, 0.25) is 10.0 Å². The standard InChI is InChI=1S/C25H19BrN4O4S/c26-19-11-12-23(29-15-19)30-25(32)24-18(4-3-13-28-24)14-21(31)17-9-7-16(8-10-17)20-5-1-2-6-22(20)35(27,33)34/h1-13,15H,14H2,(H2,27,33,34)(H,29,30,32). The molecule has 0 radical (unpaired) electrons. The summed E-state index contributed by atoms with van der Waals surface area (Å²) in [6.45, 7) is 0. The topological polar surface area (TPSA) is 132 Å². The van der Waals surface area contributed by atoms with Crippen molar-refractivity contribution in [3.05, 3.63) is 106 Å². The maximum absolute atomic E-state index is 13.0. The van der Waals surface area contributed by atoms with Crippen LogP contribution in [0.5, 0.6) is 0 Å². The van der Waals surface area contributed by atoms with Gasteiger partial charge < -0.3 is 5.32 Å². The summed E-state index contributed by atoms with van der Waals surface area (Å²) in [6, 6.07) is 19.6. The van der Waals surface area contributed by atoms with Crippen LogP contribution in [-0.4, -0.2) is 30.1 Å². The summed E-state index contributed by atoms with van der Waals surface area (Å²) in [7, 11) is -3.91. The van der Waals surface area contributed by atoms with Crippen molar-refractivity contribution in [3.63, 3.8) is 0 Å². The molecule has 0 bridgehead atoms. The minimum atomic E-state index is -3.91. The molecule has 0 fully saturated rings. The lowest BCUT2D eigenvalue weighted by atomic mass is 9.98. The van der Waals surface area contributed by atoms with Crippen LogP contribution in [0.4, 0.5) is 5.82 Å². The molecule has 10 heteroatoms. The first-order valence-electron chi connectivity index (χ1n) is 10.3. The number of sulfonamides is 1. The third-order valence-corrected chi connectivity index (χ3v) is 6.58. The zero-order chi connectivity index (χ0) is 25.0. The van der Waals surface area contributed by atoms with Crippen LogP contribution in [0.2, 0.25) is 0 Å². The van der Waals surface area contributed by atoms with Crippen molar-refractivity contribution < 1.29 is 18.0 Å². The van der Waals surface area contributed by atoms with Crippen LogP contribution in [0.3, 0.4) is 0 Å². The van der Waals surface area contributed by atoms with E-state index in [0.717, 1.165) is 4.47 Å². The molecule has 1 amide bonds. The minimum Gasteiger partial charge on any atom is -0.305 e. The van der Waals surface area contributed by atoms with E-state index >= 15 is 0 Å². The number of nitrogens with zero attached hydrogens (tertiary/aromatic N) is 2. The minimum absolute atomic E-state index is 0.00496. The Balaban J connectivity index is 1.53. The van der Waals surface area contributed by atoms with Gasteiger partial charge in [-0.1, -0.05) is 48.5 Å². The summed E-state index contributed by atoms with van der Waals surface area (Å²) in [5.74, 6) is -0.338. The molecule has 0 unspecified atom stereocenters. The number of Topliss-reactive ketones (excluding diaryl/α,β-unsaturated/α-hetero) is 1. The first-order chi connectivity index (χ1) is 16.7. The molecule has 0 saturated heterocycles. The molecule has 0 saturated carbocycles. The van der Waals surface area contributed by atoms with Gasteiger partial charge in [0.05, 0.1) is 4.90 Å². The molecule has 4 aromatic rings. The summed E-state index contributed by atoms with van der Waals surface area (Å²) in [4.78, 5) is 34.0. The zero-order valence-electron chi connectivity index (χ0n) is 18.2. The lowest BCUT2D eigenvalue weighted by Crippen LogP contribution is -2.18. The van der Waals surface area contributed by atoms with Crippen molar-refractivity contribution in [2.24, 2.45) is 5.14 Å². The predicted octanol–water partition coefficient (Wildman–Crippen LogP) is 4.23. The van der Waals surface area contributed by atoms with Crippen LogP contribution >= 0.6 is 15.9 Å². The Morgan fingerprint density at radius 3 is 2.34 bits per heavy atom. The Labute approximate surface area is 210 Å². The number of primary sulfonamides is 1. The molecule has 8 nitrogen and oxygen atoms in total. The number of ketones is 1. The Morgan fingerprint density at radius 2 is 1.66 bits per heavy atom. The van der Waals surface area contributed by atoms with Gasteiger partial charge >= 0.3 is 0 Å². The second kappa shape index (κ2) is 10.3. The van der Waals surface area contributed by atoms with E-state index in [1.165, 1.54) is 12.3 Å². The number of benzene rings is 2. The second-order valence-electron chi connectivity index (χ2n) is 7.55. The molecule has 0 atom stereocenters. The van der Waals surface area contributed by atoms with Crippen LogP contribution < -0.4 is 10.5 Å². The van der Waals surface area contributed by atoms with Crippen molar-refractivity contribution in [1.82, 2.24) is 9.97 Å². The van der Waals surface area contributed by atoms with Crippen molar-refractivity contribution in [3.8, 4) is 11.1 Å². The van der Waals surface area contributed by atoms with E-state index in [4.69, 9.17) is 5.14 Å². The van der Waals surface area contributed by atoms with E-state index in [2.05, 4.69) is 31.2 Å². The highest BCUT2D eigenvalue weighted by Gasteiger charge is 2.18. The third-order valence-electron chi connectivity index (χ3n) is 5.14. The van der Waals surface area contributed by atoms with Gasteiger partial charge in [0, 0.05) is 34.4 Å².